The van der Waals surface area contributed by atoms with Gasteiger partial charge in [-0.15, -0.1) is 0 Å². The predicted octanol–water partition coefficient (Wildman–Crippen LogP) is 18.3. The highest BCUT2D eigenvalue weighted by atomic mass is 15.2. The van der Waals surface area contributed by atoms with Crippen LogP contribution < -0.4 is 4.90 Å². The Kier molecular flexibility index (Phi) is 10.5. The molecule has 0 heterocycles. The van der Waals surface area contributed by atoms with E-state index in [0.717, 1.165) is 6.42 Å². The molecule has 0 saturated carbocycles. The lowest BCUT2D eigenvalue weighted by Crippen LogP contribution is -2.37. The van der Waals surface area contributed by atoms with Crippen molar-refractivity contribution < 1.29 is 0 Å². The summed E-state index contributed by atoms with van der Waals surface area (Å²) in [4.78, 5) is 2.58. The number of hydrogen-bond donors (Lipinski definition) is 0. The molecule has 0 fully saturated rings. The number of allylic oxidation sites excluding steroid dienone is 3. The molecule has 0 amide bonds. The first-order chi connectivity index (χ1) is 33.1. The molecule has 0 N–H and O–H groups in total. The molecular weight excluding hydrogens is 843 g/mol. The summed E-state index contributed by atoms with van der Waals surface area (Å²) in [6.07, 6.45) is 9.58. The fourth-order valence-electron chi connectivity index (χ4n) is 13.8. The lowest BCUT2D eigenvalue weighted by Gasteiger charge is -2.44. The molecule has 0 bridgehead atoms. The van der Waals surface area contributed by atoms with Gasteiger partial charge in [-0.2, -0.15) is 0 Å². The van der Waals surface area contributed by atoms with E-state index in [-0.39, 0.29) is 27.7 Å². The van der Waals surface area contributed by atoms with Gasteiger partial charge in [0.05, 0.1) is 6.04 Å². The van der Waals surface area contributed by atoms with Crippen molar-refractivity contribution in [2.75, 3.05) is 4.90 Å². The van der Waals surface area contributed by atoms with E-state index >= 15 is 0 Å². The summed E-state index contributed by atoms with van der Waals surface area (Å²) in [6, 6.07) is 43.7. The van der Waals surface area contributed by atoms with Crippen LogP contribution in [-0.2, 0) is 21.7 Å². The molecule has 1 heteroatoms. The zero-order valence-electron chi connectivity index (χ0n) is 44.7. The van der Waals surface area contributed by atoms with Crippen molar-refractivity contribution in [2.45, 2.75) is 150 Å². The summed E-state index contributed by atoms with van der Waals surface area (Å²) >= 11 is 0. The molecule has 0 aromatic heterocycles. The summed E-state index contributed by atoms with van der Waals surface area (Å²) in [5.41, 5.74) is 32.3. The molecule has 6 aliphatic carbocycles. The minimum absolute atomic E-state index is 0.0304. The highest BCUT2D eigenvalue weighted by Gasteiger charge is 2.51. The minimum atomic E-state index is -0.0344. The standard InChI is InChI=1S/C37H37N.C24H26.C8H10/c1-22-11-15-25(16-12-22)38(26-17-13-23(2)14-18-26)27-20-31-34-32(21-27)37(6,7)30-19-24(3)28-9-8-10-29(36(31,4)5)33(28)35(30)34;1-13-10-17-21-18(11-13)24(5,6)19-12-14(2)15-8-7-9-16(23(17,3)4)20(15)22(19)21;1-7-3-5-8(2)6-4-7/h8-19,21,27H,20H2,1-7H3;7-8,10-12,16H,9H2,1-6H3;3-6H,1-2H3. The van der Waals surface area contributed by atoms with Gasteiger partial charge in [-0.1, -0.05) is 192 Å². The number of hydrogen-bond acceptors (Lipinski definition) is 1. The third-order valence-corrected chi connectivity index (χ3v) is 18.0. The van der Waals surface area contributed by atoms with E-state index in [1.165, 1.54) is 95.3 Å². The van der Waals surface area contributed by atoms with Gasteiger partial charge < -0.3 is 4.90 Å². The number of aryl methyl sites for hydroxylation is 7. The van der Waals surface area contributed by atoms with E-state index in [0.29, 0.717) is 5.92 Å². The zero-order chi connectivity index (χ0) is 49.6. The van der Waals surface area contributed by atoms with Gasteiger partial charge in [0.15, 0.2) is 0 Å². The third kappa shape index (κ3) is 6.77. The highest BCUT2D eigenvalue weighted by molar-refractivity contribution is 6.10. The first-order valence-electron chi connectivity index (χ1n) is 26.1. The first kappa shape index (κ1) is 46.2. The molecule has 354 valence electrons. The van der Waals surface area contributed by atoms with Crippen LogP contribution in [0, 0.1) is 48.5 Å². The largest absolute Gasteiger partial charge is 0.334 e. The molecule has 2 unspecified atom stereocenters. The summed E-state index contributed by atoms with van der Waals surface area (Å²) in [5.74, 6) is 0.599. The molecule has 1 nitrogen and oxygen atoms in total. The molecular formula is C69H73N. The maximum atomic E-state index is 2.61. The number of benzene rings is 7. The molecule has 0 spiro atoms. The molecule has 7 aromatic carbocycles. The average Bonchev–Trinajstić information content (AvgIpc) is 3.69. The molecule has 6 aliphatic rings. The van der Waals surface area contributed by atoms with E-state index in [1.807, 2.05) is 0 Å². The van der Waals surface area contributed by atoms with E-state index in [9.17, 15) is 0 Å². The summed E-state index contributed by atoms with van der Waals surface area (Å²) < 4.78 is 0. The average molecular weight is 916 g/mol. The Hall–Kier alpha value is -6.18. The normalized spacial score (nSPS) is 20.0. The van der Waals surface area contributed by atoms with E-state index in [1.54, 1.807) is 44.5 Å². The fourth-order valence-corrected chi connectivity index (χ4v) is 13.8. The maximum absolute atomic E-state index is 2.61. The molecule has 0 radical (unpaired) electrons. The quantitative estimate of drug-likeness (QED) is 0.171. The number of anilines is 2. The van der Waals surface area contributed by atoms with Crippen LogP contribution >= 0.6 is 0 Å². The van der Waals surface area contributed by atoms with Crippen molar-refractivity contribution in [1.29, 1.82) is 0 Å². The van der Waals surface area contributed by atoms with Gasteiger partial charge in [0.25, 0.3) is 0 Å². The van der Waals surface area contributed by atoms with Crippen LogP contribution in [0.25, 0.3) is 33.5 Å². The Morgan fingerprint density at radius 2 is 1.01 bits per heavy atom. The summed E-state index contributed by atoms with van der Waals surface area (Å²) in [7, 11) is 0. The highest BCUT2D eigenvalue weighted by Crippen LogP contribution is 2.64. The van der Waals surface area contributed by atoms with Crippen LogP contribution in [0.5, 0.6) is 0 Å². The van der Waals surface area contributed by atoms with E-state index < -0.39 is 0 Å². The van der Waals surface area contributed by atoms with Crippen molar-refractivity contribution in [2.24, 2.45) is 0 Å². The zero-order valence-corrected chi connectivity index (χ0v) is 44.7. The van der Waals surface area contributed by atoms with Crippen molar-refractivity contribution >= 4 is 33.8 Å². The Bertz CT molecular complexity index is 3340. The number of rotatable bonds is 3. The van der Waals surface area contributed by atoms with Gasteiger partial charge in [-0.25, -0.2) is 0 Å². The molecule has 0 aliphatic heterocycles. The van der Waals surface area contributed by atoms with Crippen molar-refractivity contribution in [1.82, 2.24) is 0 Å². The Balaban J connectivity index is 0.000000141. The molecule has 7 aromatic rings. The van der Waals surface area contributed by atoms with Gasteiger partial charge >= 0.3 is 0 Å². The third-order valence-electron chi connectivity index (χ3n) is 18.0. The molecule has 2 atom stereocenters. The van der Waals surface area contributed by atoms with Crippen LogP contribution in [0.15, 0.2) is 139 Å². The summed E-state index contributed by atoms with van der Waals surface area (Å²) in [6.45, 7) is 35.0. The lowest BCUT2D eigenvalue weighted by atomic mass is 9.59. The van der Waals surface area contributed by atoms with Crippen molar-refractivity contribution in [3.63, 3.8) is 0 Å². The van der Waals surface area contributed by atoms with Gasteiger partial charge in [-0.3, -0.25) is 0 Å². The van der Waals surface area contributed by atoms with Gasteiger partial charge in [0, 0.05) is 27.6 Å². The predicted molar refractivity (Wildman–Crippen MR) is 301 cm³/mol. The van der Waals surface area contributed by atoms with Gasteiger partial charge in [0.2, 0.25) is 0 Å². The van der Waals surface area contributed by atoms with Crippen molar-refractivity contribution in [3.05, 3.63) is 222 Å². The summed E-state index contributed by atoms with van der Waals surface area (Å²) in [5, 5.41) is 2.91. The fraction of sp³-hybridized carbons (Fsp3) is 0.333. The Morgan fingerprint density at radius 1 is 0.486 bits per heavy atom. The Labute approximate surface area is 420 Å². The molecule has 70 heavy (non-hydrogen) atoms. The topological polar surface area (TPSA) is 3.24 Å². The second-order valence-electron chi connectivity index (χ2n) is 24.2. The SMILES string of the molecule is Cc1cc2c3c(c1)C(C)(C)C1CC=Cc4c(C)cc(c-3c41)C2(C)C.Cc1ccc(C)cc1.Cc1ccc(N(c2ccc(C)cc2)C2C=C3C4=C(C2)C(C)(C)c2cccc5c(C)cc(c4c25)C3(C)C)cc1. The van der Waals surface area contributed by atoms with Crippen LogP contribution in [-0.4, -0.2) is 6.04 Å². The Morgan fingerprint density at radius 3 is 1.61 bits per heavy atom. The smallest absolute Gasteiger partial charge is 0.0566 e. The second kappa shape index (κ2) is 15.9. The van der Waals surface area contributed by atoms with Gasteiger partial charge in [-0.05, 0) is 191 Å². The molecule has 0 saturated heterocycles. The maximum Gasteiger partial charge on any atom is 0.0566 e. The molecule has 13 rings (SSSR count). The minimum Gasteiger partial charge on any atom is -0.334 e. The van der Waals surface area contributed by atoms with Crippen LogP contribution in [0.4, 0.5) is 11.4 Å². The van der Waals surface area contributed by atoms with Gasteiger partial charge in [0.1, 0.15) is 0 Å². The number of nitrogens with zero attached hydrogens (tertiary/aromatic N) is 1. The van der Waals surface area contributed by atoms with Crippen molar-refractivity contribution in [3.8, 4) is 11.1 Å². The van der Waals surface area contributed by atoms with Crippen LogP contribution in [0.1, 0.15) is 158 Å². The first-order valence-corrected chi connectivity index (χ1v) is 26.1. The van der Waals surface area contributed by atoms with E-state index in [2.05, 4.69) is 242 Å². The lowest BCUT2D eigenvalue weighted by molar-refractivity contribution is 0.406. The second-order valence-corrected chi connectivity index (χ2v) is 24.2. The monoisotopic (exact) mass is 916 g/mol. The van der Waals surface area contributed by atoms with Crippen LogP contribution in [0.2, 0.25) is 0 Å². The van der Waals surface area contributed by atoms with E-state index in [4.69, 9.17) is 0 Å². The van der Waals surface area contributed by atoms with Crippen LogP contribution in [0.3, 0.4) is 0 Å².